The summed E-state index contributed by atoms with van der Waals surface area (Å²) < 4.78 is 5.61. The van der Waals surface area contributed by atoms with Gasteiger partial charge < -0.3 is 15.8 Å². The van der Waals surface area contributed by atoms with Crippen molar-refractivity contribution in [3.05, 3.63) is 41.9 Å². The molecule has 1 aliphatic rings. The van der Waals surface area contributed by atoms with Gasteiger partial charge in [-0.05, 0) is 30.2 Å². The van der Waals surface area contributed by atoms with Gasteiger partial charge in [0.15, 0.2) is 0 Å². The van der Waals surface area contributed by atoms with Gasteiger partial charge in [0.25, 0.3) is 0 Å². The maximum Gasteiger partial charge on any atom is 0.237 e. The van der Waals surface area contributed by atoms with Crippen molar-refractivity contribution in [1.29, 1.82) is 5.41 Å². The van der Waals surface area contributed by atoms with E-state index in [-0.39, 0.29) is 11.7 Å². The van der Waals surface area contributed by atoms with Gasteiger partial charge in [-0.15, -0.1) is 0 Å². The van der Waals surface area contributed by atoms with Crippen LogP contribution in [-0.4, -0.2) is 21.7 Å². The lowest BCUT2D eigenvalue weighted by atomic mass is 10.0. The number of amidine groups is 1. The average Bonchev–Trinajstić information content (AvgIpc) is 2.48. The van der Waals surface area contributed by atoms with Crippen LogP contribution in [0, 0.1) is 5.41 Å². The van der Waals surface area contributed by atoms with Crippen LogP contribution in [0.4, 0.5) is 5.69 Å². The number of hydrogen-bond acceptors (Lipinski definition) is 5. The van der Waals surface area contributed by atoms with Gasteiger partial charge in [-0.3, -0.25) is 10.2 Å². The third-order valence-corrected chi connectivity index (χ3v) is 3.10. The van der Waals surface area contributed by atoms with Gasteiger partial charge in [0, 0.05) is 12.1 Å². The van der Waals surface area contributed by atoms with E-state index in [9.17, 15) is 4.79 Å². The average molecular weight is 283 g/mol. The second-order valence-electron chi connectivity index (χ2n) is 4.62. The van der Waals surface area contributed by atoms with Gasteiger partial charge in [0.05, 0.1) is 12.4 Å². The summed E-state index contributed by atoms with van der Waals surface area (Å²) in [4.78, 5) is 19.3. The first-order chi connectivity index (χ1) is 10.1. The normalized spacial score (nSPS) is 13.2. The third-order valence-electron chi connectivity index (χ3n) is 3.10. The maximum atomic E-state index is 11.3. The lowest BCUT2D eigenvalue weighted by Crippen LogP contribution is -2.18. The number of rotatable bonds is 3. The van der Waals surface area contributed by atoms with Crippen molar-refractivity contribution < 1.29 is 9.53 Å². The fraction of sp³-hybridized carbons (Fsp3) is 0.143. The number of ether oxygens (including phenoxy) is 1. The number of carbonyl (C=O) groups excluding carboxylic acids is 1. The van der Waals surface area contributed by atoms with Crippen molar-refractivity contribution in [2.24, 2.45) is 5.73 Å². The topological polar surface area (TPSA) is 114 Å². The highest BCUT2D eigenvalue weighted by Crippen LogP contribution is 2.28. The Morgan fingerprint density at radius 2 is 2.14 bits per heavy atom. The van der Waals surface area contributed by atoms with E-state index in [1.807, 2.05) is 6.07 Å². The highest BCUT2D eigenvalue weighted by Gasteiger charge is 2.15. The summed E-state index contributed by atoms with van der Waals surface area (Å²) in [7, 11) is 0. The fourth-order valence-electron chi connectivity index (χ4n) is 2.05. The molecule has 0 bridgehead atoms. The number of aromatic nitrogens is 2. The number of aryl methyl sites for hydroxylation is 1. The van der Waals surface area contributed by atoms with E-state index in [1.54, 1.807) is 12.1 Å². The Morgan fingerprint density at radius 3 is 2.86 bits per heavy atom. The first-order valence-corrected chi connectivity index (χ1v) is 6.39. The van der Waals surface area contributed by atoms with Gasteiger partial charge in [-0.1, -0.05) is 0 Å². The Hall–Kier alpha value is -2.96. The third kappa shape index (κ3) is 2.81. The quantitative estimate of drug-likeness (QED) is 0.582. The lowest BCUT2D eigenvalue weighted by molar-refractivity contribution is -0.116. The molecule has 2 aromatic rings. The highest BCUT2D eigenvalue weighted by molar-refractivity contribution is 5.94. The Bertz CT molecular complexity index is 712. The van der Waals surface area contributed by atoms with Gasteiger partial charge in [0.1, 0.15) is 17.3 Å². The molecular weight excluding hydrogens is 270 g/mol. The first kappa shape index (κ1) is 13.0. The molecule has 0 saturated heterocycles. The van der Waals surface area contributed by atoms with E-state index in [2.05, 4.69) is 15.3 Å². The first-order valence-electron chi connectivity index (χ1n) is 6.39. The number of anilines is 1. The maximum absolute atomic E-state index is 11.3. The van der Waals surface area contributed by atoms with Crippen LogP contribution in [-0.2, 0) is 11.2 Å². The fourth-order valence-corrected chi connectivity index (χ4v) is 2.05. The molecule has 3 rings (SSSR count). The van der Waals surface area contributed by atoms with Gasteiger partial charge >= 0.3 is 0 Å². The van der Waals surface area contributed by atoms with E-state index >= 15 is 0 Å². The minimum atomic E-state index is -0.140. The molecule has 0 radical (unpaired) electrons. The van der Waals surface area contributed by atoms with Crippen LogP contribution < -0.4 is 15.8 Å². The zero-order valence-corrected chi connectivity index (χ0v) is 11.1. The van der Waals surface area contributed by atoms with Crippen LogP contribution >= 0.6 is 0 Å². The van der Waals surface area contributed by atoms with Crippen molar-refractivity contribution in [2.45, 2.75) is 12.8 Å². The van der Waals surface area contributed by atoms with Crippen LogP contribution in [0.25, 0.3) is 0 Å². The van der Waals surface area contributed by atoms with Crippen LogP contribution in [0.1, 0.15) is 17.7 Å². The number of hydrogen-bond donors (Lipinski definition) is 3. The predicted octanol–water partition coefficient (Wildman–Crippen LogP) is 1.44. The molecule has 0 spiro atoms. The van der Waals surface area contributed by atoms with Crippen molar-refractivity contribution >= 4 is 17.4 Å². The molecule has 106 valence electrons. The molecule has 0 fully saturated rings. The van der Waals surface area contributed by atoms with E-state index in [0.29, 0.717) is 30.2 Å². The molecule has 0 unspecified atom stereocenters. The summed E-state index contributed by atoms with van der Waals surface area (Å²) in [6, 6.07) is 5.43. The molecule has 7 nitrogen and oxygen atoms in total. The molecule has 21 heavy (non-hydrogen) atoms. The number of nitrogens with one attached hydrogen (secondary N) is 2. The van der Waals surface area contributed by atoms with Crippen molar-refractivity contribution in [3.8, 4) is 11.6 Å². The number of carbonyl (C=O) groups is 1. The molecule has 0 saturated carbocycles. The molecule has 1 amide bonds. The van der Waals surface area contributed by atoms with Crippen LogP contribution in [0.5, 0.6) is 11.6 Å². The SMILES string of the molecule is N=C(N)c1cnc(Oc2ccc3c(c2)CCC(=O)N3)cn1. The zero-order valence-electron chi connectivity index (χ0n) is 11.1. The van der Waals surface area contributed by atoms with Crippen LogP contribution in [0.3, 0.4) is 0 Å². The molecule has 2 heterocycles. The molecule has 7 heteroatoms. The van der Waals surface area contributed by atoms with Crippen molar-refractivity contribution in [1.82, 2.24) is 9.97 Å². The Labute approximate surface area is 120 Å². The minimum Gasteiger partial charge on any atom is -0.437 e. The zero-order chi connectivity index (χ0) is 14.8. The summed E-state index contributed by atoms with van der Waals surface area (Å²) in [5, 5.41) is 10.1. The van der Waals surface area contributed by atoms with E-state index in [0.717, 1.165) is 11.3 Å². The summed E-state index contributed by atoms with van der Waals surface area (Å²) in [6.45, 7) is 0. The molecule has 1 aliphatic heterocycles. The summed E-state index contributed by atoms with van der Waals surface area (Å²) in [6.07, 6.45) is 3.96. The molecule has 0 aliphatic carbocycles. The van der Waals surface area contributed by atoms with E-state index in [4.69, 9.17) is 15.9 Å². The van der Waals surface area contributed by atoms with Crippen molar-refractivity contribution in [3.63, 3.8) is 0 Å². The number of amides is 1. The monoisotopic (exact) mass is 283 g/mol. The number of nitrogens with zero attached hydrogens (tertiary/aromatic N) is 2. The molecular formula is C14H13N5O2. The van der Waals surface area contributed by atoms with E-state index in [1.165, 1.54) is 12.4 Å². The summed E-state index contributed by atoms with van der Waals surface area (Å²) in [5.41, 5.74) is 7.46. The second-order valence-corrected chi connectivity index (χ2v) is 4.62. The molecule has 4 N–H and O–H groups in total. The standard InChI is InChI=1S/C14H13N5O2/c15-14(16)11-6-18-13(7-17-11)21-9-2-3-10-8(5-9)1-4-12(20)19-10/h2-3,5-7H,1,4H2,(H3,15,16)(H,19,20). The minimum absolute atomic E-state index is 0.0295. The molecule has 1 aromatic heterocycles. The summed E-state index contributed by atoms with van der Waals surface area (Å²) >= 11 is 0. The Kier molecular flexibility index (Phi) is 3.23. The largest absolute Gasteiger partial charge is 0.437 e. The highest BCUT2D eigenvalue weighted by atomic mass is 16.5. The number of nitrogens with two attached hydrogens (primary N) is 1. The molecule has 1 aromatic carbocycles. The number of nitrogen functional groups attached to an aromatic ring is 1. The second kappa shape index (κ2) is 5.20. The van der Waals surface area contributed by atoms with Gasteiger partial charge in [-0.25, -0.2) is 9.97 Å². The van der Waals surface area contributed by atoms with Crippen molar-refractivity contribution in [2.75, 3.05) is 5.32 Å². The predicted molar refractivity (Wildman–Crippen MR) is 76.5 cm³/mol. The van der Waals surface area contributed by atoms with Crippen LogP contribution in [0.15, 0.2) is 30.6 Å². The number of benzene rings is 1. The van der Waals surface area contributed by atoms with Gasteiger partial charge in [-0.2, -0.15) is 0 Å². The smallest absolute Gasteiger partial charge is 0.237 e. The molecule has 0 atom stereocenters. The summed E-state index contributed by atoms with van der Waals surface area (Å²) in [5.74, 6) is 0.829. The Balaban J connectivity index is 1.79. The van der Waals surface area contributed by atoms with E-state index < -0.39 is 0 Å². The lowest BCUT2D eigenvalue weighted by Gasteiger charge is -2.17. The van der Waals surface area contributed by atoms with Crippen LogP contribution in [0.2, 0.25) is 0 Å². The Morgan fingerprint density at radius 1 is 1.29 bits per heavy atom. The number of fused-ring (bicyclic) bond motifs is 1. The van der Waals surface area contributed by atoms with Gasteiger partial charge in [0.2, 0.25) is 11.8 Å².